The molecular formula is C22H26BrN3O2. The fourth-order valence-corrected chi connectivity index (χ4v) is 4.64. The summed E-state index contributed by atoms with van der Waals surface area (Å²) in [6, 6.07) is 16.5. The van der Waals surface area contributed by atoms with Gasteiger partial charge in [-0.25, -0.2) is 4.79 Å². The summed E-state index contributed by atoms with van der Waals surface area (Å²) in [7, 11) is 1.64. The number of nitrogens with one attached hydrogen (secondary N) is 1. The van der Waals surface area contributed by atoms with Crippen LogP contribution in [0.25, 0.3) is 0 Å². The molecule has 0 spiro atoms. The minimum absolute atomic E-state index is 0.0199. The summed E-state index contributed by atoms with van der Waals surface area (Å²) in [6.45, 7) is 3.73. The number of urea groups is 1. The highest BCUT2D eigenvalue weighted by Gasteiger charge is 2.38. The van der Waals surface area contributed by atoms with Crippen LogP contribution in [0.5, 0.6) is 5.75 Å². The molecule has 2 saturated heterocycles. The second-order valence-corrected chi connectivity index (χ2v) is 8.42. The van der Waals surface area contributed by atoms with Crippen LogP contribution in [-0.4, -0.2) is 55.2 Å². The number of nitrogens with zero attached hydrogens (tertiary/aromatic N) is 2. The first-order valence-corrected chi connectivity index (χ1v) is 10.6. The minimum atomic E-state index is -0.0199. The topological polar surface area (TPSA) is 44.8 Å². The monoisotopic (exact) mass is 443 g/mol. The molecule has 6 heteroatoms. The van der Waals surface area contributed by atoms with Gasteiger partial charge < -0.3 is 15.0 Å². The van der Waals surface area contributed by atoms with Gasteiger partial charge in [0, 0.05) is 41.8 Å². The van der Waals surface area contributed by atoms with E-state index < -0.39 is 0 Å². The summed E-state index contributed by atoms with van der Waals surface area (Å²) in [6.07, 6.45) is 2.17. The highest BCUT2D eigenvalue weighted by Crippen LogP contribution is 2.35. The first-order valence-electron chi connectivity index (χ1n) is 9.83. The summed E-state index contributed by atoms with van der Waals surface area (Å²) in [5.74, 6) is 1.26. The van der Waals surface area contributed by atoms with Gasteiger partial charge in [0.2, 0.25) is 0 Å². The Morgan fingerprint density at radius 2 is 1.82 bits per heavy atom. The molecule has 148 valence electrons. The molecule has 0 saturated carbocycles. The predicted molar refractivity (Wildman–Crippen MR) is 115 cm³/mol. The van der Waals surface area contributed by atoms with Crippen molar-refractivity contribution in [3.63, 3.8) is 0 Å². The Bertz CT molecular complexity index is 810. The average Bonchev–Trinajstić information content (AvgIpc) is 2.98. The molecule has 2 aromatic carbocycles. The van der Waals surface area contributed by atoms with Crippen molar-refractivity contribution in [2.75, 3.05) is 38.6 Å². The minimum Gasteiger partial charge on any atom is -0.497 e. The van der Waals surface area contributed by atoms with E-state index in [-0.39, 0.29) is 6.03 Å². The van der Waals surface area contributed by atoms with E-state index in [9.17, 15) is 4.79 Å². The smallest absolute Gasteiger partial charge is 0.321 e. The molecular weight excluding hydrogens is 418 g/mol. The zero-order valence-corrected chi connectivity index (χ0v) is 17.7. The summed E-state index contributed by atoms with van der Waals surface area (Å²) >= 11 is 3.53. The molecule has 2 amide bonds. The second-order valence-electron chi connectivity index (χ2n) is 7.51. The fourth-order valence-electron chi connectivity index (χ4n) is 4.38. The molecule has 4 rings (SSSR count). The predicted octanol–water partition coefficient (Wildman–Crippen LogP) is 4.55. The Kier molecular flexibility index (Phi) is 5.87. The Balaban J connectivity index is 1.46. The van der Waals surface area contributed by atoms with Gasteiger partial charge in [-0.15, -0.1) is 0 Å². The molecule has 2 fully saturated rings. The zero-order chi connectivity index (χ0) is 19.5. The fraction of sp³-hybridized carbons (Fsp3) is 0.409. The van der Waals surface area contributed by atoms with E-state index in [0.29, 0.717) is 12.0 Å². The van der Waals surface area contributed by atoms with Crippen LogP contribution >= 0.6 is 15.9 Å². The molecule has 0 unspecified atom stereocenters. The Morgan fingerprint density at radius 1 is 1.07 bits per heavy atom. The highest BCUT2D eigenvalue weighted by atomic mass is 79.9. The van der Waals surface area contributed by atoms with Crippen molar-refractivity contribution >= 4 is 27.6 Å². The third-order valence-corrected chi connectivity index (χ3v) is 6.40. The van der Waals surface area contributed by atoms with Crippen molar-refractivity contribution in [1.82, 2.24) is 9.80 Å². The maximum Gasteiger partial charge on any atom is 0.321 e. The first kappa shape index (κ1) is 19.3. The van der Waals surface area contributed by atoms with Gasteiger partial charge in [0.05, 0.1) is 7.11 Å². The van der Waals surface area contributed by atoms with Gasteiger partial charge in [0.25, 0.3) is 0 Å². The number of amides is 2. The van der Waals surface area contributed by atoms with Crippen molar-refractivity contribution in [1.29, 1.82) is 0 Å². The van der Waals surface area contributed by atoms with Crippen LogP contribution in [0, 0.1) is 0 Å². The van der Waals surface area contributed by atoms with Crippen LogP contribution in [-0.2, 0) is 0 Å². The number of fused-ring (bicyclic) bond motifs is 1. The van der Waals surface area contributed by atoms with Crippen molar-refractivity contribution in [3.8, 4) is 5.75 Å². The summed E-state index contributed by atoms with van der Waals surface area (Å²) in [5.41, 5.74) is 2.16. The van der Waals surface area contributed by atoms with Gasteiger partial charge in [0.15, 0.2) is 0 Å². The Morgan fingerprint density at radius 3 is 2.54 bits per heavy atom. The van der Waals surface area contributed by atoms with E-state index in [1.807, 2.05) is 29.2 Å². The Hall–Kier alpha value is -2.05. The number of rotatable bonds is 3. The standard InChI is InChI=1S/C22H26BrN3O2/c1-28-19-9-7-18(8-10-19)24-22(27)26-13-2-12-25-14-11-20(21(25)15-26)16-3-5-17(23)6-4-16/h3-10,20-21H,2,11-15H2,1H3,(H,24,27)/t20-,21+/m1/s1. The van der Waals surface area contributed by atoms with E-state index in [1.165, 1.54) is 5.56 Å². The number of methoxy groups -OCH3 is 1. The molecule has 2 atom stereocenters. The molecule has 2 aromatic rings. The van der Waals surface area contributed by atoms with Crippen molar-refractivity contribution in [2.24, 2.45) is 0 Å². The lowest BCUT2D eigenvalue weighted by molar-refractivity contribution is 0.197. The molecule has 0 aromatic heterocycles. The van der Waals surface area contributed by atoms with Crippen LogP contribution in [0.4, 0.5) is 10.5 Å². The summed E-state index contributed by atoms with van der Waals surface area (Å²) < 4.78 is 6.29. The quantitative estimate of drug-likeness (QED) is 0.756. The van der Waals surface area contributed by atoms with Gasteiger partial charge in [0.1, 0.15) is 5.75 Å². The highest BCUT2D eigenvalue weighted by molar-refractivity contribution is 9.10. The molecule has 1 N–H and O–H groups in total. The van der Waals surface area contributed by atoms with E-state index in [4.69, 9.17) is 4.74 Å². The molecule has 0 aliphatic carbocycles. The zero-order valence-electron chi connectivity index (χ0n) is 16.1. The molecule has 5 nitrogen and oxygen atoms in total. The number of anilines is 1. The lowest BCUT2D eigenvalue weighted by Gasteiger charge is -2.30. The second kappa shape index (κ2) is 8.53. The van der Waals surface area contributed by atoms with Gasteiger partial charge in [-0.05, 0) is 61.3 Å². The van der Waals surface area contributed by atoms with Gasteiger partial charge in [-0.1, -0.05) is 28.1 Å². The number of hydrogen-bond donors (Lipinski definition) is 1. The lowest BCUT2D eigenvalue weighted by atomic mass is 9.91. The molecule has 2 aliphatic heterocycles. The molecule has 2 aliphatic rings. The van der Waals surface area contributed by atoms with Crippen LogP contribution in [0.1, 0.15) is 24.3 Å². The van der Waals surface area contributed by atoms with Gasteiger partial charge >= 0.3 is 6.03 Å². The van der Waals surface area contributed by atoms with Crippen LogP contribution < -0.4 is 10.1 Å². The van der Waals surface area contributed by atoms with Crippen molar-refractivity contribution in [3.05, 3.63) is 58.6 Å². The molecule has 0 radical (unpaired) electrons. The SMILES string of the molecule is COc1ccc(NC(=O)N2CCCN3CC[C@H](c4ccc(Br)cc4)[C@@H]3C2)cc1. The van der Waals surface area contributed by atoms with Crippen molar-refractivity contribution in [2.45, 2.75) is 24.8 Å². The van der Waals surface area contributed by atoms with Crippen LogP contribution in [0.3, 0.4) is 0 Å². The van der Waals surface area contributed by atoms with E-state index in [1.54, 1.807) is 7.11 Å². The number of ether oxygens (including phenoxy) is 1. The third-order valence-electron chi connectivity index (χ3n) is 5.87. The maximum atomic E-state index is 12.9. The molecule has 2 heterocycles. The van der Waals surface area contributed by atoms with Crippen molar-refractivity contribution < 1.29 is 9.53 Å². The number of benzene rings is 2. The van der Waals surface area contributed by atoms with E-state index in [0.717, 1.165) is 54.9 Å². The van der Waals surface area contributed by atoms with Gasteiger partial charge in [-0.3, -0.25) is 4.90 Å². The van der Waals surface area contributed by atoms with E-state index in [2.05, 4.69) is 50.4 Å². The molecule has 0 bridgehead atoms. The number of carbonyl (C=O) groups excluding carboxylic acids is 1. The molecule has 28 heavy (non-hydrogen) atoms. The number of halogens is 1. The number of carbonyl (C=O) groups is 1. The first-order chi connectivity index (χ1) is 13.6. The lowest BCUT2D eigenvalue weighted by Crippen LogP contribution is -2.43. The largest absolute Gasteiger partial charge is 0.497 e. The van der Waals surface area contributed by atoms with Gasteiger partial charge in [-0.2, -0.15) is 0 Å². The van der Waals surface area contributed by atoms with Crippen LogP contribution in [0.15, 0.2) is 53.0 Å². The number of hydrogen-bond acceptors (Lipinski definition) is 3. The average molecular weight is 444 g/mol. The third kappa shape index (κ3) is 4.18. The summed E-state index contributed by atoms with van der Waals surface area (Å²) in [5, 5.41) is 3.04. The normalized spacial score (nSPS) is 22.4. The maximum absolute atomic E-state index is 12.9. The Labute approximate surface area is 174 Å². The van der Waals surface area contributed by atoms with E-state index >= 15 is 0 Å². The van der Waals surface area contributed by atoms with Crippen LogP contribution in [0.2, 0.25) is 0 Å². The summed E-state index contributed by atoms with van der Waals surface area (Å²) in [4.78, 5) is 17.5.